The van der Waals surface area contributed by atoms with Crippen molar-refractivity contribution in [3.8, 4) is 0 Å². The van der Waals surface area contributed by atoms with Gasteiger partial charge in [-0.2, -0.15) is 4.98 Å². The zero-order chi connectivity index (χ0) is 15.2. The lowest BCUT2D eigenvalue weighted by Gasteiger charge is -2.19. The Labute approximate surface area is 124 Å². The molecule has 4 nitrogen and oxygen atoms in total. The van der Waals surface area contributed by atoms with E-state index in [2.05, 4.69) is 36.2 Å². The van der Waals surface area contributed by atoms with E-state index in [1.807, 2.05) is 0 Å². The molecule has 0 saturated carbocycles. The van der Waals surface area contributed by atoms with Gasteiger partial charge < -0.3 is 9.84 Å². The lowest BCUT2D eigenvalue weighted by molar-refractivity contribution is 0.327. The first-order chi connectivity index (χ1) is 10.1. The largest absolute Gasteiger partial charge is 0.339 e. The van der Waals surface area contributed by atoms with Crippen LogP contribution < -0.4 is 5.32 Å². The zero-order valence-electron chi connectivity index (χ0n) is 12.8. The SMILES string of the molecule is CCNC(Cc1nc(Cc2ccc(F)cc2)no1)C(C)C. The number of nitrogens with zero attached hydrogens (tertiary/aromatic N) is 2. The Hall–Kier alpha value is -1.75. The Morgan fingerprint density at radius 3 is 2.57 bits per heavy atom. The van der Waals surface area contributed by atoms with Crippen LogP contribution in [-0.2, 0) is 12.8 Å². The Kier molecular flexibility index (Phi) is 5.44. The topological polar surface area (TPSA) is 51.0 Å². The van der Waals surface area contributed by atoms with E-state index in [1.54, 1.807) is 12.1 Å². The van der Waals surface area contributed by atoms with Crippen molar-refractivity contribution in [2.45, 2.75) is 39.7 Å². The molecule has 1 aromatic carbocycles. The van der Waals surface area contributed by atoms with Gasteiger partial charge in [-0.1, -0.05) is 38.1 Å². The fraction of sp³-hybridized carbons (Fsp3) is 0.500. The van der Waals surface area contributed by atoms with Crippen LogP contribution >= 0.6 is 0 Å². The van der Waals surface area contributed by atoms with E-state index in [1.165, 1.54) is 12.1 Å². The Balaban J connectivity index is 1.99. The molecule has 1 heterocycles. The summed E-state index contributed by atoms with van der Waals surface area (Å²) < 4.78 is 18.2. The van der Waals surface area contributed by atoms with E-state index >= 15 is 0 Å². The van der Waals surface area contributed by atoms with E-state index in [0.717, 1.165) is 18.5 Å². The first kappa shape index (κ1) is 15.6. The molecule has 1 N–H and O–H groups in total. The van der Waals surface area contributed by atoms with Gasteiger partial charge in [0.05, 0.1) is 0 Å². The Morgan fingerprint density at radius 2 is 1.95 bits per heavy atom. The lowest BCUT2D eigenvalue weighted by atomic mass is 10.0. The Bertz CT molecular complexity index is 551. The summed E-state index contributed by atoms with van der Waals surface area (Å²) in [5.74, 6) is 1.54. The minimum atomic E-state index is -0.238. The third-order valence-corrected chi connectivity index (χ3v) is 3.45. The smallest absolute Gasteiger partial charge is 0.228 e. The van der Waals surface area contributed by atoms with Gasteiger partial charge in [0.15, 0.2) is 5.82 Å². The fourth-order valence-electron chi connectivity index (χ4n) is 2.22. The summed E-state index contributed by atoms with van der Waals surface area (Å²) in [5, 5.41) is 7.43. The second-order valence-corrected chi connectivity index (χ2v) is 5.52. The number of hydrogen-bond donors (Lipinski definition) is 1. The molecular formula is C16H22FN3O. The first-order valence-corrected chi connectivity index (χ1v) is 7.37. The maximum absolute atomic E-state index is 12.9. The summed E-state index contributed by atoms with van der Waals surface area (Å²) in [6, 6.07) is 6.68. The standard InChI is InChI=1S/C16H22FN3O/c1-4-18-14(11(2)3)10-16-19-15(20-21-16)9-12-5-7-13(17)8-6-12/h5-8,11,14,18H,4,9-10H2,1-3H3. The highest BCUT2D eigenvalue weighted by Gasteiger charge is 2.17. The van der Waals surface area contributed by atoms with Gasteiger partial charge in [0.1, 0.15) is 5.82 Å². The predicted molar refractivity (Wildman–Crippen MR) is 79.5 cm³/mol. The average Bonchev–Trinajstić information content (AvgIpc) is 2.88. The van der Waals surface area contributed by atoms with Crippen LogP contribution in [0.3, 0.4) is 0 Å². The molecule has 0 fully saturated rings. The number of benzene rings is 1. The number of aromatic nitrogens is 2. The monoisotopic (exact) mass is 291 g/mol. The fourth-order valence-corrected chi connectivity index (χ4v) is 2.22. The van der Waals surface area contributed by atoms with Crippen LogP contribution in [0.2, 0.25) is 0 Å². The van der Waals surface area contributed by atoms with Gasteiger partial charge in [-0.25, -0.2) is 4.39 Å². The number of halogens is 1. The van der Waals surface area contributed by atoms with Gasteiger partial charge in [0, 0.05) is 18.9 Å². The van der Waals surface area contributed by atoms with Crippen LogP contribution in [0.1, 0.15) is 38.0 Å². The molecule has 0 amide bonds. The molecular weight excluding hydrogens is 269 g/mol. The van der Waals surface area contributed by atoms with Gasteiger partial charge in [-0.05, 0) is 30.2 Å². The summed E-state index contributed by atoms with van der Waals surface area (Å²) >= 11 is 0. The first-order valence-electron chi connectivity index (χ1n) is 7.37. The van der Waals surface area contributed by atoms with Crippen LogP contribution in [-0.4, -0.2) is 22.7 Å². The van der Waals surface area contributed by atoms with Gasteiger partial charge >= 0.3 is 0 Å². The van der Waals surface area contributed by atoms with Crippen LogP contribution in [0.4, 0.5) is 4.39 Å². The number of likely N-dealkylation sites (N-methyl/N-ethyl adjacent to an activating group) is 1. The van der Waals surface area contributed by atoms with E-state index in [9.17, 15) is 4.39 Å². The summed E-state index contributed by atoms with van der Waals surface area (Å²) in [5.41, 5.74) is 0.968. The molecule has 1 atom stereocenters. The van der Waals surface area contributed by atoms with Crippen molar-refractivity contribution in [1.29, 1.82) is 0 Å². The van der Waals surface area contributed by atoms with Crippen molar-refractivity contribution < 1.29 is 8.91 Å². The quantitative estimate of drug-likeness (QED) is 0.852. The summed E-state index contributed by atoms with van der Waals surface area (Å²) in [7, 11) is 0. The van der Waals surface area contributed by atoms with Crippen molar-refractivity contribution in [2.24, 2.45) is 5.92 Å². The molecule has 114 valence electrons. The predicted octanol–water partition coefficient (Wildman–Crippen LogP) is 2.98. The molecule has 0 aliphatic carbocycles. The lowest BCUT2D eigenvalue weighted by Crippen LogP contribution is -2.35. The van der Waals surface area contributed by atoms with E-state index < -0.39 is 0 Å². The molecule has 21 heavy (non-hydrogen) atoms. The molecule has 5 heteroatoms. The second kappa shape index (κ2) is 7.31. The number of rotatable bonds is 7. The van der Waals surface area contributed by atoms with Gasteiger partial charge in [0.2, 0.25) is 5.89 Å². The normalized spacial score (nSPS) is 12.8. The van der Waals surface area contributed by atoms with E-state index in [-0.39, 0.29) is 5.82 Å². The minimum Gasteiger partial charge on any atom is -0.339 e. The van der Waals surface area contributed by atoms with Crippen LogP contribution in [0, 0.1) is 11.7 Å². The second-order valence-electron chi connectivity index (χ2n) is 5.52. The number of nitrogens with one attached hydrogen (secondary N) is 1. The van der Waals surface area contributed by atoms with Crippen molar-refractivity contribution >= 4 is 0 Å². The van der Waals surface area contributed by atoms with Gasteiger partial charge in [-0.3, -0.25) is 0 Å². The molecule has 1 aromatic heterocycles. The van der Waals surface area contributed by atoms with Gasteiger partial charge in [-0.15, -0.1) is 0 Å². The van der Waals surface area contributed by atoms with E-state index in [0.29, 0.717) is 30.1 Å². The van der Waals surface area contributed by atoms with Crippen molar-refractivity contribution in [3.05, 3.63) is 47.4 Å². The molecule has 0 bridgehead atoms. The summed E-state index contributed by atoms with van der Waals surface area (Å²) in [6.45, 7) is 7.34. The zero-order valence-corrected chi connectivity index (χ0v) is 12.8. The molecule has 2 rings (SSSR count). The minimum absolute atomic E-state index is 0.238. The average molecular weight is 291 g/mol. The van der Waals surface area contributed by atoms with Crippen LogP contribution in [0.25, 0.3) is 0 Å². The molecule has 0 radical (unpaired) electrons. The maximum atomic E-state index is 12.9. The van der Waals surface area contributed by atoms with Gasteiger partial charge in [0.25, 0.3) is 0 Å². The third-order valence-electron chi connectivity index (χ3n) is 3.45. The number of hydrogen-bond acceptors (Lipinski definition) is 4. The molecule has 0 aliphatic heterocycles. The molecule has 2 aromatic rings. The van der Waals surface area contributed by atoms with Crippen LogP contribution in [0.15, 0.2) is 28.8 Å². The molecule has 1 unspecified atom stereocenters. The molecule has 0 aliphatic rings. The van der Waals surface area contributed by atoms with Crippen molar-refractivity contribution in [3.63, 3.8) is 0 Å². The highest BCUT2D eigenvalue weighted by Crippen LogP contribution is 2.12. The van der Waals surface area contributed by atoms with Crippen molar-refractivity contribution in [1.82, 2.24) is 15.5 Å². The summed E-state index contributed by atoms with van der Waals surface area (Å²) in [4.78, 5) is 4.42. The third kappa shape index (κ3) is 4.63. The Morgan fingerprint density at radius 1 is 1.24 bits per heavy atom. The van der Waals surface area contributed by atoms with E-state index in [4.69, 9.17) is 4.52 Å². The van der Waals surface area contributed by atoms with Crippen molar-refractivity contribution in [2.75, 3.05) is 6.54 Å². The summed E-state index contributed by atoms with van der Waals surface area (Å²) in [6.07, 6.45) is 1.28. The highest BCUT2D eigenvalue weighted by atomic mass is 19.1. The maximum Gasteiger partial charge on any atom is 0.228 e. The van der Waals surface area contributed by atoms with Crippen LogP contribution in [0.5, 0.6) is 0 Å². The molecule has 0 saturated heterocycles. The highest BCUT2D eigenvalue weighted by molar-refractivity contribution is 5.19. The molecule has 0 spiro atoms.